The predicted molar refractivity (Wildman–Crippen MR) is 115 cm³/mol. The average Bonchev–Trinajstić information content (AvgIpc) is 2.73. The molecule has 0 saturated heterocycles. The lowest BCUT2D eigenvalue weighted by Gasteiger charge is -2.14. The summed E-state index contributed by atoms with van der Waals surface area (Å²) in [5.41, 5.74) is 3.03. The van der Waals surface area contributed by atoms with Gasteiger partial charge in [-0.15, -0.1) is 0 Å². The molecule has 2 aromatic carbocycles. The Balaban J connectivity index is 1.79. The molecule has 7 nitrogen and oxygen atoms in total. The molecule has 0 aromatic heterocycles. The van der Waals surface area contributed by atoms with Gasteiger partial charge in [0.1, 0.15) is 5.75 Å². The molecule has 0 heterocycles. The maximum Gasteiger partial charge on any atom is 0.387 e. The summed E-state index contributed by atoms with van der Waals surface area (Å²) < 4.78 is 33.5. The normalized spacial score (nSPS) is 11.8. The zero-order valence-electron chi connectivity index (χ0n) is 17.9. The number of nitrogens with one attached hydrogen (secondary N) is 2. The van der Waals surface area contributed by atoms with E-state index in [-0.39, 0.29) is 12.3 Å². The molecule has 0 bridgehead atoms. The van der Waals surface area contributed by atoms with E-state index in [1.54, 1.807) is 0 Å². The quantitative estimate of drug-likeness (QED) is 0.454. The number of ether oxygens (including phenoxy) is 2. The van der Waals surface area contributed by atoms with Gasteiger partial charge in [0.05, 0.1) is 6.54 Å². The molecule has 2 aromatic rings. The van der Waals surface area contributed by atoms with E-state index in [2.05, 4.69) is 15.4 Å². The Labute approximate surface area is 184 Å². The summed E-state index contributed by atoms with van der Waals surface area (Å²) in [6, 6.07) is 11.2. The first-order chi connectivity index (χ1) is 15.2. The van der Waals surface area contributed by atoms with E-state index in [1.165, 1.54) is 37.3 Å². The smallest absolute Gasteiger partial charge is 0.387 e. The number of carbonyl (C=O) groups excluding carboxylic acids is 3. The third-order valence-corrected chi connectivity index (χ3v) is 4.35. The Morgan fingerprint density at radius 3 is 2.25 bits per heavy atom. The number of anilines is 1. The van der Waals surface area contributed by atoms with Crippen molar-refractivity contribution >= 4 is 29.5 Å². The molecule has 0 fully saturated rings. The van der Waals surface area contributed by atoms with Crippen molar-refractivity contribution in [3.8, 4) is 5.75 Å². The predicted octanol–water partition coefficient (Wildman–Crippen LogP) is 3.60. The highest BCUT2D eigenvalue weighted by Gasteiger charge is 2.17. The zero-order chi connectivity index (χ0) is 23.7. The van der Waals surface area contributed by atoms with Gasteiger partial charge in [-0.25, -0.2) is 4.79 Å². The van der Waals surface area contributed by atoms with Crippen LogP contribution in [0.5, 0.6) is 5.75 Å². The lowest BCUT2D eigenvalue weighted by molar-refractivity contribution is -0.150. The van der Waals surface area contributed by atoms with Gasteiger partial charge in [-0.3, -0.25) is 9.59 Å². The molecule has 0 saturated carbocycles. The van der Waals surface area contributed by atoms with Crippen LogP contribution in [0.3, 0.4) is 0 Å². The Bertz CT molecular complexity index is 970. The third-order valence-electron chi connectivity index (χ3n) is 4.35. The van der Waals surface area contributed by atoms with E-state index in [0.717, 1.165) is 17.2 Å². The van der Waals surface area contributed by atoms with Crippen LogP contribution >= 0.6 is 0 Å². The van der Waals surface area contributed by atoms with Crippen LogP contribution in [-0.2, 0) is 19.1 Å². The van der Waals surface area contributed by atoms with Crippen molar-refractivity contribution in [1.82, 2.24) is 5.32 Å². The van der Waals surface area contributed by atoms with Crippen molar-refractivity contribution in [3.05, 3.63) is 65.2 Å². The molecule has 9 heteroatoms. The van der Waals surface area contributed by atoms with Gasteiger partial charge >= 0.3 is 12.6 Å². The van der Waals surface area contributed by atoms with Crippen LogP contribution in [0.25, 0.3) is 6.08 Å². The van der Waals surface area contributed by atoms with Gasteiger partial charge < -0.3 is 20.1 Å². The fourth-order valence-electron chi connectivity index (χ4n) is 2.70. The van der Waals surface area contributed by atoms with E-state index in [4.69, 9.17) is 4.74 Å². The summed E-state index contributed by atoms with van der Waals surface area (Å²) in [5.74, 6) is -1.82. The highest BCUT2D eigenvalue weighted by atomic mass is 19.3. The van der Waals surface area contributed by atoms with Crippen molar-refractivity contribution < 1.29 is 32.6 Å². The van der Waals surface area contributed by atoms with Crippen LogP contribution in [0.4, 0.5) is 14.5 Å². The van der Waals surface area contributed by atoms with Crippen LogP contribution in [0, 0.1) is 13.8 Å². The molecular weight excluding hydrogens is 422 g/mol. The lowest BCUT2D eigenvalue weighted by Crippen LogP contribution is -2.40. The molecule has 2 N–H and O–H groups in total. The van der Waals surface area contributed by atoms with Gasteiger partial charge in [0.2, 0.25) is 5.91 Å². The fraction of sp³-hybridized carbons (Fsp3) is 0.261. The molecule has 0 aliphatic carbocycles. The number of benzene rings is 2. The average molecular weight is 446 g/mol. The van der Waals surface area contributed by atoms with Crippen molar-refractivity contribution in [3.63, 3.8) is 0 Å². The Kier molecular flexibility index (Phi) is 8.88. The van der Waals surface area contributed by atoms with Gasteiger partial charge in [-0.1, -0.05) is 30.3 Å². The molecule has 0 aliphatic rings. The standard InChI is InChI=1S/C23H24F2N2O5/c1-14-5-4-6-15(2)21(14)27-19(28)13-26-22(30)16(3)31-20(29)12-9-17-7-10-18(11-8-17)32-23(24)25/h4-12,16,23H,13H2,1-3H3,(H,26,30)(H,27,28)/b12-9+. The highest BCUT2D eigenvalue weighted by molar-refractivity contribution is 5.96. The number of alkyl halides is 2. The monoisotopic (exact) mass is 446 g/mol. The summed E-state index contributed by atoms with van der Waals surface area (Å²) in [6.45, 7) is 1.90. The van der Waals surface area contributed by atoms with Gasteiger partial charge in [0.25, 0.3) is 5.91 Å². The maximum absolute atomic E-state index is 12.1. The molecule has 2 amide bonds. The van der Waals surface area contributed by atoms with E-state index in [1.807, 2.05) is 32.0 Å². The minimum absolute atomic E-state index is 0.00774. The number of para-hydroxylation sites is 1. The molecule has 170 valence electrons. The van der Waals surface area contributed by atoms with Crippen LogP contribution < -0.4 is 15.4 Å². The molecule has 1 unspecified atom stereocenters. The number of halogens is 2. The number of esters is 1. The van der Waals surface area contributed by atoms with Crippen LogP contribution in [0.1, 0.15) is 23.6 Å². The first-order valence-electron chi connectivity index (χ1n) is 9.73. The molecule has 32 heavy (non-hydrogen) atoms. The minimum atomic E-state index is -2.92. The largest absolute Gasteiger partial charge is 0.449 e. The zero-order valence-corrected chi connectivity index (χ0v) is 17.9. The number of carbonyl (C=O) groups is 3. The SMILES string of the molecule is Cc1cccc(C)c1NC(=O)CNC(=O)C(C)OC(=O)/C=C/c1ccc(OC(F)F)cc1. The number of amides is 2. The van der Waals surface area contributed by atoms with Gasteiger partial charge in [0, 0.05) is 11.8 Å². The van der Waals surface area contributed by atoms with Crippen LogP contribution in [0.2, 0.25) is 0 Å². The topological polar surface area (TPSA) is 93.7 Å². The van der Waals surface area contributed by atoms with Crippen LogP contribution in [0.15, 0.2) is 48.5 Å². The minimum Gasteiger partial charge on any atom is -0.449 e. The van der Waals surface area contributed by atoms with E-state index < -0.39 is 30.5 Å². The van der Waals surface area contributed by atoms with Gasteiger partial charge in [0.15, 0.2) is 6.10 Å². The Morgan fingerprint density at radius 2 is 1.66 bits per heavy atom. The molecule has 0 aliphatic heterocycles. The number of hydrogen-bond acceptors (Lipinski definition) is 5. The van der Waals surface area contributed by atoms with Crippen molar-refractivity contribution in [1.29, 1.82) is 0 Å². The third kappa shape index (κ3) is 7.82. The summed E-state index contributed by atoms with van der Waals surface area (Å²) >= 11 is 0. The number of hydrogen-bond donors (Lipinski definition) is 2. The fourth-order valence-corrected chi connectivity index (χ4v) is 2.70. The second kappa shape index (κ2) is 11.6. The summed E-state index contributed by atoms with van der Waals surface area (Å²) in [6.07, 6.45) is 1.37. The first-order valence-corrected chi connectivity index (χ1v) is 9.73. The second-order valence-electron chi connectivity index (χ2n) is 6.89. The maximum atomic E-state index is 12.1. The van der Waals surface area contributed by atoms with Crippen molar-refractivity contribution in [2.24, 2.45) is 0 Å². The first kappa shape index (κ1) is 24.5. The number of aryl methyl sites for hydroxylation is 2. The van der Waals surface area contributed by atoms with Crippen LogP contribution in [-0.4, -0.2) is 37.0 Å². The molecule has 2 rings (SSSR count). The summed E-state index contributed by atoms with van der Waals surface area (Å²) in [7, 11) is 0. The van der Waals surface area contributed by atoms with E-state index in [0.29, 0.717) is 11.3 Å². The second-order valence-corrected chi connectivity index (χ2v) is 6.89. The van der Waals surface area contributed by atoms with Gasteiger partial charge in [-0.2, -0.15) is 8.78 Å². The van der Waals surface area contributed by atoms with E-state index >= 15 is 0 Å². The molecule has 1 atom stereocenters. The number of rotatable bonds is 9. The highest BCUT2D eigenvalue weighted by Crippen LogP contribution is 2.19. The molecule has 0 spiro atoms. The molecular formula is C23H24F2N2O5. The van der Waals surface area contributed by atoms with Crippen molar-refractivity contribution in [2.45, 2.75) is 33.5 Å². The Hall–Kier alpha value is -3.75. The summed E-state index contributed by atoms with van der Waals surface area (Å²) in [4.78, 5) is 36.1. The van der Waals surface area contributed by atoms with Gasteiger partial charge in [-0.05, 0) is 55.7 Å². The van der Waals surface area contributed by atoms with Crippen molar-refractivity contribution in [2.75, 3.05) is 11.9 Å². The molecule has 0 radical (unpaired) electrons. The van der Waals surface area contributed by atoms with E-state index in [9.17, 15) is 23.2 Å². The Morgan fingerprint density at radius 1 is 1.03 bits per heavy atom. The lowest BCUT2D eigenvalue weighted by atomic mass is 10.1. The summed E-state index contributed by atoms with van der Waals surface area (Å²) in [5, 5.41) is 5.16.